The molecule has 7 heteroatoms. The lowest BCUT2D eigenvalue weighted by molar-refractivity contribution is -0.384. The summed E-state index contributed by atoms with van der Waals surface area (Å²) in [6.07, 6.45) is 1.33. The van der Waals surface area contributed by atoms with E-state index in [4.69, 9.17) is 0 Å². The Morgan fingerprint density at radius 1 is 1.47 bits per heavy atom. The fourth-order valence-electron chi connectivity index (χ4n) is 1.36. The summed E-state index contributed by atoms with van der Waals surface area (Å²) in [4.78, 5) is 25.8. The zero-order valence-electron chi connectivity index (χ0n) is 11.2. The van der Waals surface area contributed by atoms with Crippen molar-refractivity contribution in [1.29, 1.82) is 0 Å². The maximum Gasteiger partial charge on any atom is 0.274 e. The minimum Gasteiger partial charge on any atom is -0.358 e. The van der Waals surface area contributed by atoms with Crippen LogP contribution in [0.1, 0.15) is 20.8 Å². The number of rotatable bonds is 6. The van der Waals surface area contributed by atoms with Gasteiger partial charge in [-0.2, -0.15) is 0 Å². The highest BCUT2D eigenvalue weighted by Gasteiger charge is 2.14. The predicted octanol–water partition coefficient (Wildman–Crippen LogP) is 1.56. The number of hydrogen-bond donors (Lipinski definition) is 2. The van der Waals surface area contributed by atoms with Crippen LogP contribution >= 0.6 is 0 Å². The Labute approximate surface area is 111 Å². The third-order valence-corrected chi connectivity index (χ3v) is 2.40. The average molecular weight is 266 g/mol. The number of hydrogen-bond acceptors (Lipinski definition) is 5. The highest BCUT2D eigenvalue weighted by atomic mass is 16.6. The molecule has 1 atom stereocenters. The van der Waals surface area contributed by atoms with E-state index in [-0.39, 0.29) is 11.6 Å². The summed E-state index contributed by atoms with van der Waals surface area (Å²) in [5, 5.41) is 16.2. The molecule has 7 nitrogen and oxygen atoms in total. The maximum atomic E-state index is 11.7. The molecule has 19 heavy (non-hydrogen) atoms. The van der Waals surface area contributed by atoms with Crippen LogP contribution in [0, 0.1) is 16.0 Å². The zero-order valence-corrected chi connectivity index (χ0v) is 11.2. The molecule has 0 bridgehead atoms. The van der Waals surface area contributed by atoms with Crippen molar-refractivity contribution in [1.82, 2.24) is 10.3 Å². The van der Waals surface area contributed by atoms with E-state index in [1.54, 1.807) is 6.92 Å². The average Bonchev–Trinajstić information content (AvgIpc) is 2.36. The maximum absolute atomic E-state index is 11.7. The van der Waals surface area contributed by atoms with E-state index < -0.39 is 11.0 Å². The predicted molar refractivity (Wildman–Crippen MR) is 71.8 cm³/mol. The van der Waals surface area contributed by atoms with Gasteiger partial charge in [-0.1, -0.05) is 13.8 Å². The number of pyridine rings is 1. The minimum absolute atomic E-state index is 0.0627. The van der Waals surface area contributed by atoms with Crippen molar-refractivity contribution in [3.63, 3.8) is 0 Å². The van der Waals surface area contributed by atoms with Gasteiger partial charge in [0.05, 0.1) is 11.0 Å². The van der Waals surface area contributed by atoms with Crippen LogP contribution in [0.3, 0.4) is 0 Å². The summed E-state index contributed by atoms with van der Waals surface area (Å²) in [6, 6.07) is 2.09. The molecule has 1 heterocycles. The molecule has 1 aromatic heterocycles. The lowest BCUT2D eigenvalue weighted by atomic mass is 10.2. The van der Waals surface area contributed by atoms with Crippen LogP contribution in [0.2, 0.25) is 0 Å². The summed E-state index contributed by atoms with van der Waals surface area (Å²) >= 11 is 0. The van der Waals surface area contributed by atoms with E-state index >= 15 is 0 Å². The molecule has 0 radical (unpaired) electrons. The molecule has 104 valence electrons. The number of aromatic nitrogens is 1. The molecule has 0 aliphatic rings. The molecule has 1 aromatic rings. The summed E-state index contributed by atoms with van der Waals surface area (Å²) < 4.78 is 0. The van der Waals surface area contributed by atoms with Gasteiger partial charge in [0.1, 0.15) is 11.9 Å². The number of nitrogens with zero attached hydrogens (tertiary/aromatic N) is 2. The fourth-order valence-corrected chi connectivity index (χ4v) is 1.36. The van der Waals surface area contributed by atoms with Gasteiger partial charge in [-0.15, -0.1) is 0 Å². The fraction of sp³-hybridized carbons (Fsp3) is 0.500. The number of carbonyl (C=O) groups excluding carboxylic acids is 1. The first-order valence-electron chi connectivity index (χ1n) is 6.05. The van der Waals surface area contributed by atoms with Crippen LogP contribution in [-0.2, 0) is 4.79 Å². The van der Waals surface area contributed by atoms with Gasteiger partial charge < -0.3 is 10.6 Å². The quantitative estimate of drug-likeness (QED) is 0.601. The number of carbonyl (C=O) groups is 1. The number of anilines is 1. The SMILES string of the molecule is CC(C)CNC(=O)C(C)Nc1cc([N+](=O)[O-])ccn1. The lowest BCUT2D eigenvalue weighted by Gasteiger charge is -2.15. The highest BCUT2D eigenvalue weighted by molar-refractivity contribution is 5.83. The third-order valence-electron chi connectivity index (χ3n) is 2.40. The number of nitro groups is 1. The summed E-state index contributed by atoms with van der Waals surface area (Å²) in [7, 11) is 0. The lowest BCUT2D eigenvalue weighted by Crippen LogP contribution is -2.39. The Bertz CT molecular complexity index is 462. The third kappa shape index (κ3) is 4.90. The topological polar surface area (TPSA) is 97.2 Å². The summed E-state index contributed by atoms with van der Waals surface area (Å²) in [5.74, 6) is 0.510. The van der Waals surface area contributed by atoms with Crippen molar-refractivity contribution >= 4 is 17.4 Å². The Morgan fingerprint density at radius 3 is 2.74 bits per heavy atom. The second kappa shape index (κ2) is 6.67. The Morgan fingerprint density at radius 2 is 2.16 bits per heavy atom. The van der Waals surface area contributed by atoms with Crippen LogP contribution in [-0.4, -0.2) is 28.4 Å². The molecule has 1 amide bonds. The minimum atomic E-state index is -0.506. The van der Waals surface area contributed by atoms with Gasteiger partial charge >= 0.3 is 0 Å². The first-order chi connectivity index (χ1) is 8.90. The second-order valence-corrected chi connectivity index (χ2v) is 4.66. The van der Waals surface area contributed by atoms with Gasteiger partial charge in [-0.05, 0) is 12.8 Å². The molecule has 0 aliphatic carbocycles. The van der Waals surface area contributed by atoms with E-state index in [0.717, 1.165) is 0 Å². The Hall–Kier alpha value is -2.18. The monoisotopic (exact) mass is 266 g/mol. The largest absolute Gasteiger partial charge is 0.358 e. The Balaban J connectivity index is 2.61. The van der Waals surface area contributed by atoms with Gasteiger partial charge in [0.2, 0.25) is 5.91 Å². The first kappa shape index (κ1) is 14.9. The zero-order chi connectivity index (χ0) is 14.4. The van der Waals surface area contributed by atoms with Crippen molar-refractivity contribution in [3.05, 3.63) is 28.4 Å². The van der Waals surface area contributed by atoms with E-state index in [1.165, 1.54) is 18.3 Å². The second-order valence-electron chi connectivity index (χ2n) is 4.66. The highest BCUT2D eigenvalue weighted by Crippen LogP contribution is 2.14. The van der Waals surface area contributed by atoms with Gasteiger partial charge in [-0.25, -0.2) is 4.98 Å². The van der Waals surface area contributed by atoms with E-state index in [1.807, 2.05) is 13.8 Å². The summed E-state index contributed by atoms with van der Waals surface area (Å²) in [5.41, 5.74) is -0.0627. The van der Waals surface area contributed by atoms with E-state index in [9.17, 15) is 14.9 Å². The molecule has 0 spiro atoms. The van der Waals surface area contributed by atoms with Crippen LogP contribution < -0.4 is 10.6 Å². The molecular formula is C12H18N4O3. The van der Waals surface area contributed by atoms with Crippen molar-refractivity contribution in [2.75, 3.05) is 11.9 Å². The van der Waals surface area contributed by atoms with Crippen LogP contribution in [0.5, 0.6) is 0 Å². The van der Waals surface area contributed by atoms with Gasteiger partial charge in [-0.3, -0.25) is 14.9 Å². The normalized spacial score (nSPS) is 12.0. The van der Waals surface area contributed by atoms with Gasteiger partial charge in [0, 0.05) is 18.8 Å². The molecule has 0 fully saturated rings. The Kier molecular flexibility index (Phi) is 5.23. The van der Waals surface area contributed by atoms with E-state index in [0.29, 0.717) is 18.3 Å². The summed E-state index contributed by atoms with van der Waals surface area (Å²) in [6.45, 7) is 6.27. The molecule has 0 saturated heterocycles. The number of nitrogens with one attached hydrogen (secondary N) is 2. The first-order valence-corrected chi connectivity index (χ1v) is 6.05. The number of amides is 1. The van der Waals surface area contributed by atoms with Crippen LogP contribution in [0.15, 0.2) is 18.3 Å². The van der Waals surface area contributed by atoms with Crippen molar-refractivity contribution in [2.24, 2.45) is 5.92 Å². The molecule has 1 unspecified atom stereocenters. The van der Waals surface area contributed by atoms with Crippen molar-refractivity contribution in [3.8, 4) is 0 Å². The molecular weight excluding hydrogens is 248 g/mol. The molecule has 0 saturated carbocycles. The van der Waals surface area contributed by atoms with Crippen molar-refractivity contribution in [2.45, 2.75) is 26.8 Å². The van der Waals surface area contributed by atoms with Crippen LogP contribution in [0.25, 0.3) is 0 Å². The molecule has 2 N–H and O–H groups in total. The van der Waals surface area contributed by atoms with Crippen LogP contribution in [0.4, 0.5) is 11.5 Å². The molecule has 0 aliphatic heterocycles. The van der Waals surface area contributed by atoms with E-state index in [2.05, 4.69) is 15.6 Å². The van der Waals surface area contributed by atoms with Gasteiger partial charge in [0.25, 0.3) is 5.69 Å². The smallest absolute Gasteiger partial charge is 0.274 e. The van der Waals surface area contributed by atoms with Gasteiger partial charge in [0.15, 0.2) is 0 Å². The molecule has 1 rings (SSSR count). The van der Waals surface area contributed by atoms with Crippen molar-refractivity contribution < 1.29 is 9.72 Å². The standard InChI is InChI=1S/C12H18N4O3/c1-8(2)7-14-12(17)9(3)15-11-6-10(16(18)19)4-5-13-11/h4-6,8-9H,7H2,1-3H3,(H,13,15)(H,14,17). The molecule has 0 aromatic carbocycles.